The second-order valence-corrected chi connectivity index (χ2v) is 4.64. The minimum atomic E-state index is -0.0784. The van der Waals surface area contributed by atoms with Crippen LogP contribution >= 0.6 is 0 Å². The van der Waals surface area contributed by atoms with Crippen LogP contribution in [-0.2, 0) is 6.42 Å². The number of furan rings is 1. The van der Waals surface area contributed by atoms with Gasteiger partial charge in [-0.3, -0.25) is 4.79 Å². The number of carbonyl (C=O) groups excluding carboxylic acids is 1. The zero-order valence-electron chi connectivity index (χ0n) is 11.2. The molecule has 0 radical (unpaired) electrons. The van der Waals surface area contributed by atoms with Crippen LogP contribution < -0.4 is 5.32 Å². The summed E-state index contributed by atoms with van der Waals surface area (Å²) in [7, 11) is 0. The maximum Gasteiger partial charge on any atom is 0.255 e. The fourth-order valence-electron chi connectivity index (χ4n) is 2.29. The summed E-state index contributed by atoms with van der Waals surface area (Å²) >= 11 is 0. The second-order valence-electron chi connectivity index (χ2n) is 4.64. The summed E-state index contributed by atoms with van der Waals surface area (Å²) < 4.78 is 5.29. The first kappa shape index (κ1) is 12.5. The van der Waals surface area contributed by atoms with E-state index in [4.69, 9.17) is 4.42 Å². The molecule has 0 fully saturated rings. The van der Waals surface area contributed by atoms with Crippen molar-refractivity contribution in [3.8, 4) is 0 Å². The lowest BCUT2D eigenvalue weighted by atomic mass is 10.0. The van der Waals surface area contributed by atoms with Gasteiger partial charge in [0.1, 0.15) is 5.58 Å². The smallest absolute Gasteiger partial charge is 0.255 e. The number of carbonyl (C=O) groups is 1. The third-order valence-corrected chi connectivity index (χ3v) is 3.35. The number of hydrogen-bond donors (Lipinski definition) is 1. The van der Waals surface area contributed by atoms with E-state index < -0.39 is 0 Å². The summed E-state index contributed by atoms with van der Waals surface area (Å²) in [6.07, 6.45) is 2.48. The Labute approximate surface area is 117 Å². The van der Waals surface area contributed by atoms with Crippen molar-refractivity contribution in [2.24, 2.45) is 0 Å². The number of aryl methyl sites for hydroxylation is 1. The van der Waals surface area contributed by atoms with E-state index in [0.717, 1.165) is 34.2 Å². The molecule has 3 heteroatoms. The fraction of sp³-hybridized carbons (Fsp3) is 0.118. The van der Waals surface area contributed by atoms with E-state index in [1.165, 1.54) is 0 Å². The van der Waals surface area contributed by atoms with Crippen LogP contribution in [0.2, 0.25) is 0 Å². The zero-order valence-corrected chi connectivity index (χ0v) is 11.2. The average molecular weight is 265 g/mol. The summed E-state index contributed by atoms with van der Waals surface area (Å²) in [6, 6.07) is 15.2. The van der Waals surface area contributed by atoms with E-state index in [9.17, 15) is 4.79 Å². The molecule has 0 atom stereocenters. The van der Waals surface area contributed by atoms with Crippen LogP contribution in [0.1, 0.15) is 22.8 Å². The van der Waals surface area contributed by atoms with Gasteiger partial charge in [0.15, 0.2) is 0 Å². The van der Waals surface area contributed by atoms with E-state index in [-0.39, 0.29) is 5.91 Å². The van der Waals surface area contributed by atoms with Gasteiger partial charge in [-0.2, -0.15) is 0 Å². The minimum Gasteiger partial charge on any atom is -0.464 e. The first-order chi connectivity index (χ1) is 9.78. The molecular formula is C17H15NO2. The summed E-state index contributed by atoms with van der Waals surface area (Å²) in [5.41, 5.74) is 3.36. The van der Waals surface area contributed by atoms with Crippen molar-refractivity contribution in [3.05, 3.63) is 65.9 Å². The Kier molecular flexibility index (Phi) is 3.25. The van der Waals surface area contributed by atoms with Crippen molar-refractivity contribution in [2.75, 3.05) is 5.32 Å². The van der Waals surface area contributed by atoms with Crippen molar-refractivity contribution < 1.29 is 9.21 Å². The third kappa shape index (κ3) is 2.30. The monoisotopic (exact) mass is 265 g/mol. The number of fused-ring (bicyclic) bond motifs is 1. The lowest BCUT2D eigenvalue weighted by Crippen LogP contribution is -2.13. The molecule has 100 valence electrons. The Balaban J connectivity index is 1.88. The molecule has 0 saturated carbocycles. The summed E-state index contributed by atoms with van der Waals surface area (Å²) in [5, 5.41) is 3.91. The van der Waals surface area contributed by atoms with Gasteiger partial charge in [0, 0.05) is 16.6 Å². The summed E-state index contributed by atoms with van der Waals surface area (Å²) in [5.74, 6) is -0.0784. The topological polar surface area (TPSA) is 42.2 Å². The van der Waals surface area contributed by atoms with Gasteiger partial charge in [-0.25, -0.2) is 0 Å². The largest absolute Gasteiger partial charge is 0.464 e. The van der Waals surface area contributed by atoms with E-state index in [1.807, 2.05) is 55.5 Å². The highest BCUT2D eigenvalue weighted by atomic mass is 16.3. The molecule has 1 aromatic heterocycles. The van der Waals surface area contributed by atoms with Gasteiger partial charge in [-0.05, 0) is 42.3 Å². The molecular weight excluding hydrogens is 250 g/mol. The van der Waals surface area contributed by atoms with E-state index in [2.05, 4.69) is 5.32 Å². The van der Waals surface area contributed by atoms with Crippen LogP contribution in [0, 0.1) is 0 Å². The number of hydrogen-bond acceptors (Lipinski definition) is 2. The Bertz CT molecular complexity index is 758. The molecule has 3 rings (SSSR count). The van der Waals surface area contributed by atoms with Crippen LogP contribution in [0.5, 0.6) is 0 Å². The number of rotatable bonds is 3. The lowest BCUT2D eigenvalue weighted by molar-refractivity contribution is 0.102. The molecule has 0 spiro atoms. The van der Waals surface area contributed by atoms with Crippen molar-refractivity contribution in [1.29, 1.82) is 0 Å². The molecule has 1 heterocycles. The first-order valence-corrected chi connectivity index (χ1v) is 6.64. The van der Waals surface area contributed by atoms with Crippen molar-refractivity contribution in [3.63, 3.8) is 0 Å². The van der Waals surface area contributed by atoms with Gasteiger partial charge in [-0.15, -0.1) is 0 Å². The van der Waals surface area contributed by atoms with E-state index in [1.54, 1.807) is 6.26 Å². The molecule has 0 aliphatic rings. The normalized spacial score (nSPS) is 10.7. The van der Waals surface area contributed by atoms with Crippen LogP contribution in [0.3, 0.4) is 0 Å². The van der Waals surface area contributed by atoms with Crippen LogP contribution in [-0.4, -0.2) is 5.91 Å². The molecule has 1 amide bonds. The predicted octanol–water partition coefficient (Wildman–Crippen LogP) is 4.25. The lowest BCUT2D eigenvalue weighted by Gasteiger charge is -2.08. The Morgan fingerprint density at radius 2 is 2.00 bits per heavy atom. The fourth-order valence-corrected chi connectivity index (χ4v) is 2.29. The molecule has 0 aliphatic carbocycles. The Morgan fingerprint density at radius 1 is 1.15 bits per heavy atom. The van der Waals surface area contributed by atoms with Gasteiger partial charge >= 0.3 is 0 Å². The highest BCUT2D eigenvalue weighted by Gasteiger charge is 2.10. The second kappa shape index (κ2) is 5.21. The number of benzene rings is 2. The molecule has 0 unspecified atom stereocenters. The maximum atomic E-state index is 12.3. The Morgan fingerprint density at radius 3 is 2.85 bits per heavy atom. The number of amides is 1. The highest BCUT2D eigenvalue weighted by molar-refractivity contribution is 6.06. The zero-order chi connectivity index (χ0) is 13.9. The molecule has 0 bridgehead atoms. The number of anilines is 1. The van der Waals surface area contributed by atoms with Crippen molar-refractivity contribution >= 4 is 22.6 Å². The van der Waals surface area contributed by atoms with E-state index >= 15 is 0 Å². The predicted molar refractivity (Wildman–Crippen MR) is 80.0 cm³/mol. The molecule has 2 aromatic carbocycles. The van der Waals surface area contributed by atoms with Crippen LogP contribution in [0.15, 0.2) is 59.2 Å². The van der Waals surface area contributed by atoms with Gasteiger partial charge in [0.05, 0.1) is 6.26 Å². The number of nitrogens with one attached hydrogen (secondary N) is 1. The third-order valence-electron chi connectivity index (χ3n) is 3.35. The van der Waals surface area contributed by atoms with Gasteiger partial charge in [0.2, 0.25) is 0 Å². The van der Waals surface area contributed by atoms with Gasteiger partial charge in [-0.1, -0.05) is 25.1 Å². The highest BCUT2D eigenvalue weighted by Crippen LogP contribution is 2.21. The van der Waals surface area contributed by atoms with Crippen molar-refractivity contribution in [1.82, 2.24) is 0 Å². The molecule has 20 heavy (non-hydrogen) atoms. The molecule has 3 nitrogen and oxygen atoms in total. The minimum absolute atomic E-state index is 0.0784. The average Bonchev–Trinajstić information content (AvgIpc) is 2.94. The summed E-state index contributed by atoms with van der Waals surface area (Å²) in [6.45, 7) is 2.05. The van der Waals surface area contributed by atoms with Crippen LogP contribution in [0.4, 0.5) is 5.69 Å². The molecule has 0 aliphatic heterocycles. The van der Waals surface area contributed by atoms with Crippen molar-refractivity contribution in [2.45, 2.75) is 13.3 Å². The van der Waals surface area contributed by atoms with E-state index in [0.29, 0.717) is 0 Å². The van der Waals surface area contributed by atoms with Gasteiger partial charge in [0.25, 0.3) is 5.91 Å². The standard InChI is InChI=1S/C17H15NO2/c1-2-12-5-3-4-6-15(12)17(19)18-14-7-8-16-13(11-14)9-10-20-16/h3-11H,2H2,1H3,(H,18,19). The molecule has 3 aromatic rings. The van der Waals surface area contributed by atoms with Crippen LogP contribution in [0.25, 0.3) is 11.0 Å². The summed E-state index contributed by atoms with van der Waals surface area (Å²) in [4.78, 5) is 12.3. The first-order valence-electron chi connectivity index (χ1n) is 6.64. The van der Waals surface area contributed by atoms with Gasteiger partial charge < -0.3 is 9.73 Å². The molecule has 1 N–H and O–H groups in total. The SMILES string of the molecule is CCc1ccccc1C(=O)Nc1ccc2occc2c1. The molecule has 0 saturated heterocycles. The maximum absolute atomic E-state index is 12.3. The quantitative estimate of drug-likeness (QED) is 0.769. The Hall–Kier alpha value is -2.55.